The molecule has 3 atom stereocenters. The Morgan fingerprint density at radius 3 is 2.00 bits per heavy atom. The first kappa shape index (κ1) is 13.6. The topological polar surface area (TPSA) is 43.4 Å². The lowest BCUT2D eigenvalue weighted by molar-refractivity contribution is -0.142. The van der Waals surface area contributed by atoms with Crippen LogP contribution in [0.15, 0.2) is 60.7 Å². The van der Waals surface area contributed by atoms with Crippen molar-refractivity contribution in [3.05, 3.63) is 71.8 Å². The molecule has 2 aromatic carbocycles. The standard InChI is InChI=1S/C18H16O3/c1-21-18(20)16-14(12-8-4-2-5-9-12)15(16)17(19)13-10-6-3-7-11-13/h2-11,14-16H,1H3/t14-,15-,16+/m1/s1. The van der Waals surface area contributed by atoms with E-state index in [0.29, 0.717) is 5.56 Å². The molecule has 21 heavy (non-hydrogen) atoms. The Hall–Kier alpha value is -2.42. The van der Waals surface area contributed by atoms with E-state index in [9.17, 15) is 9.59 Å². The summed E-state index contributed by atoms with van der Waals surface area (Å²) in [5.41, 5.74) is 1.66. The second-order valence-electron chi connectivity index (χ2n) is 5.24. The molecule has 1 aliphatic rings. The van der Waals surface area contributed by atoms with Gasteiger partial charge in [-0.05, 0) is 5.56 Å². The third-order valence-electron chi connectivity index (χ3n) is 4.04. The van der Waals surface area contributed by atoms with E-state index in [1.165, 1.54) is 7.11 Å². The van der Waals surface area contributed by atoms with Crippen LogP contribution in [-0.2, 0) is 9.53 Å². The minimum Gasteiger partial charge on any atom is -0.469 e. The molecule has 0 radical (unpaired) electrons. The van der Waals surface area contributed by atoms with Crippen molar-refractivity contribution in [1.82, 2.24) is 0 Å². The molecule has 0 saturated heterocycles. The van der Waals surface area contributed by atoms with Crippen LogP contribution < -0.4 is 0 Å². The van der Waals surface area contributed by atoms with Crippen molar-refractivity contribution >= 4 is 11.8 Å². The summed E-state index contributed by atoms with van der Waals surface area (Å²) in [6, 6.07) is 18.8. The number of carbonyl (C=O) groups is 2. The number of benzene rings is 2. The molecule has 0 aromatic heterocycles. The number of Topliss-reactive ketones (excluding diaryl/α,β-unsaturated/α-hetero) is 1. The summed E-state index contributed by atoms with van der Waals surface area (Å²) in [5.74, 6) is -1.06. The Balaban J connectivity index is 1.90. The fraction of sp³-hybridized carbons (Fsp3) is 0.222. The lowest BCUT2D eigenvalue weighted by atomic mass is 10.0. The fourth-order valence-corrected chi connectivity index (χ4v) is 2.95. The van der Waals surface area contributed by atoms with E-state index in [-0.39, 0.29) is 29.5 Å². The SMILES string of the molecule is COC(=O)[C@@H]1[C@H](C(=O)c2ccccc2)[C@H]1c1ccccc1. The number of ketones is 1. The molecule has 1 saturated carbocycles. The van der Waals surface area contributed by atoms with Gasteiger partial charge >= 0.3 is 5.97 Å². The lowest BCUT2D eigenvalue weighted by Gasteiger charge is -2.00. The second-order valence-corrected chi connectivity index (χ2v) is 5.24. The van der Waals surface area contributed by atoms with Gasteiger partial charge in [-0.25, -0.2) is 0 Å². The minimum atomic E-state index is -0.370. The first-order valence-electron chi connectivity index (χ1n) is 6.96. The molecule has 0 unspecified atom stereocenters. The molecule has 3 rings (SSSR count). The molecule has 0 N–H and O–H groups in total. The van der Waals surface area contributed by atoms with Crippen LogP contribution in [-0.4, -0.2) is 18.9 Å². The van der Waals surface area contributed by atoms with Gasteiger partial charge in [0.25, 0.3) is 0 Å². The van der Waals surface area contributed by atoms with Crippen molar-refractivity contribution in [3.63, 3.8) is 0 Å². The summed E-state index contributed by atoms with van der Waals surface area (Å²) in [4.78, 5) is 24.5. The maximum absolute atomic E-state index is 12.6. The average Bonchev–Trinajstić information content (AvgIpc) is 3.30. The van der Waals surface area contributed by atoms with Gasteiger partial charge < -0.3 is 4.74 Å². The van der Waals surface area contributed by atoms with E-state index in [2.05, 4.69) is 0 Å². The summed E-state index contributed by atoms with van der Waals surface area (Å²) < 4.78 is 4.85. The number of esters is 1. The van der Waals surface area contributed by atoms with Crippen molar-refractivity contribution in [1.29, 1.82) is 0 Å². The molecular formula is C18H16O3. The molecule has 1 fully saturated rings. The molecule has 0 spiro atoms. The maximum atomic E-state index is 12.6. The normalized spacial score (nSPS) is 23.4. The average molecular weight is 280 g/mol. The van der Waals surface area contributed by atoms with Gasteiger partial charge in [0.15, 0.2) is 5.78 Å². The smallest absolute Gasteiger partial charge is 0.310 e. The van der Waals surface area contributed by atoms with E-state index in [1.54, 1.807) is 12.1 Å². The van der Waals surface area contributed by atoms with E-state index in [0.717, 1.165) is 5.56 Å². The monoisotopic (exact) mass is 280 g/mol. The Labute approximate surface area is 123 Å². The second kappa shape index (κ2) is 5.52. The van der Waals surface area contributed by atoms with Gasteiger partial charge in [0.2, 0.25) is 0 Å². The van der Waals surface area contributed by atoms with Crippen molar-refractivity contribution in [2.75, 3.05) is 7.11 Å². The number of carbonyl (C=O) groups excluding carboxylic acids is 2. The number of ether oxygens (including phenoxy) is 1. The van der Waals surface area contributed by atoms with E-state index < -0.39 is 0 Å². The van der Waals surface area contributed by atoms with Gasteiger partial charge in [-0.3, -0.25) is 9.59 Å². The first-order chi connectivity index (χ1) is 10.2. The first-order valence-corrected chi connectivity index (χ1v) is 6.96. The lowest BCUT2D eigenvalue weighted by Crippen LogP contribution is -2.10. The Kier molecular flexibility index (Phi) is 3.57. The third-order valence-corrected chi connectivity index (χ3v) is 4.04. The summed E-state index contributed by atoms with van der Waals surface area (Å²) in [7, 11) is 1.37. The molecule has 0 aliphatic heterocycles. The summed E-state index contributed by atoms with van der Waals surface area (Å²) in [5, 5.41) is 0. The van der Waals surface area contributed by atoms with E-state index >= 15 is 0 Å². The highest BCUT2D eigenvalue weighted by Crippen LogP contribution is 2.55. The Bertz CT molecular complexity index is 649. The molecule has 1 aliphatic carbocycles. The molecule has 0 amide bonds. The fourth-order valence-electron chi connectivity index (χ4n) is 2.95. The highest BCUT2D eigenvalue weighted by atomic mass is 16.5. The minimum absolute atomic E-state index is 0.0138. The maximum Gasteiger partial charge on any atom is 0.310 e. The van der Waals surface area contributed by atoms with Gasteiger partial charge in [0.1, 0.15) is 0 Å². The van der Waals surface area contributed by atoms with Crippen LogP contribution >= 0.6 is 0 Å². The van der Waals surface area contributed by atoms with Gasteiger partial charge in [-0.15, -0.1) is 0 Å². The quantitative estimate of drug-likeness (QED) is 0.638. The summed E-state index contributed by atoms with van der Waals surface area (Å²) in [6.45, 7) is 0. The van der Waals surface area contributed by atoms with Crippen LogP contribution in [0.3, 0.4) is 0 Å². The number of rotatable bonds is 4. The largest absolute Gasteiger partial charge is 0.469 e. The van der Waals surface area contributed by atoms with Crippen LogP contribution in [0.5, 0.6) is 0 Å². The predicted molar refractivity (Wildman–Crippen MR) is 79.0 cm³/mol. The van der Waals surface area contributed by atoms with Crippen molar-refractivity contribution in [2.24, 2.45) is 11.8 Å². The van der Waals surface area contributed by atoms with Crippen molar-refractivity contribution in [2.45, 2.75) is 5.92 Å². The van der Waals surface area contributed by atoms with Crippen molar-refractivity contribution in [3.8, 4) is 0 Å². The predicted octanol–water partition coefficient (Wildman–Crippen LogP) is 3.07. The molecule has 2 aromatic rings. The Morgan fingerprint density at radius 1 is 0.857 bits per heavy atom. The third kappa shape index (κ3) is 2.47. The number of hydrogen-bond donors (Lipinski definition) is 0. The van der Waals surface area contributed by atoms with Crippen LogP contribution in [0.25, 0.3) is 0 Å². The zero-order valence-electron chi connectivity index (χ0n) is 11.7. The van der Waals surface area contributed by atoms with Gasteiger partial charge in [-0.1, -0.05) is 60.7 Å². The number of hydrogen-bond acceptors (Lipinski definition) is 3. The number of methoxy groups -OCH3 is 1. The molecule has 3 nitrogen and oxygen atoms in total. The van der Waals surface area contributed by atoms with E-state index in [4.69, 9.17) is 4.74 Å². The molecule has 106 valence electrons. The molecule has 0 bridgehead atoms. The van der Waals surface area contributed by atoms with Crippen LogP contribution in [0.2, 0.25) is 0 Å². The summed E-state index contributed by atoms with van der Waals surface area (Å²) in [6.07, 6.45) is 0. The molecule has 3 heteroatoms. The van der Waals surface area contributed by atoms with Crippen LogP contribution in [0.4, 0.5) is 0 Å². The molecule has 0 heterocycles. The zero-order valence-corrected chi connectivity index (χ0v) is 11.7. The van der Waals surface area contributed by atoms with Crippen LogP contribution in [0, 0.1) is 11.8 Å². The van der Waals surface area contributed by atoms with Crippen LogP contribution in [0.1, 0.15) is 21.8 Å². The van der Waals surface area contributed by atoms with Gasteiger partial charge in [0, 0.05) is 17.4 Å². The van der Waals surface area contributed by atoms with Crippen molar-refractivity contribution < 1.29 is 14.3 Å². The highest BCUT2D eigenvalue weighted by Gasteiger charge is 2.60. The molecular weight excluding hydrogens is 264 g/mol. The van der Waals surface area contributed by atoms with Gasteiger partial charge in [0.05, 0.1) is 13.0 Å². The summed E-state index contributed by atoms with van der Waals surface area (Å²) >= 11 is 0. The Morgan fingerprint density at radius 2 is 1.43 bits per heavy atom. The zero-order chi connectivity index (χ0) is 14.8. The van der Waals surface area contributed by atoms with Gasteiger partial charge in [-0.2, -0.15) is 0 Å². The van der Waals surface area contributed by atoms with E-state index in [1.807, 2.05) is 48.5 Å². The highest BCUT2D eigenvalue weighted by molar-refractivity contribution is 6.04.